The number of nitrogen functional groups attached to an aromatic ring is 1. The third kappa shape index (κ3) is 5.43. The van der Waals surface area contributed by atoms with E-state index >= 15 is 8.78 Å². The molecule has 1 aliphatic heterocycles. The predicted octanol–water partition coefficient (Wildman–Crippen LogP) is -0.671. The number of aromatic nitrogens is 4. The third-order valence-corrected chi connectivity index (χ3v) is 8.06. The maximum absolute atomic E-state index is 15.3. The Kier molecular flexibility index (Phi) is 6.72. The number of imidazole rings is 1. The van der Waals surface area contributed by atoms with Crippen molar-refractivity contribution < 1.29 is 65.0 Å². The van der Waals surface area contributed by atoms with E-state index in [0.29, 0.717) is 11.5 Å². The van der Waals surface area contributed by atoms with Crippen LogP contribution < -0.4 is 11.3 Å². The highest BCUT2D eigenvalue weighted by Gasteiger charge is 2.65. The number of ether oxygens (including phenoxy) is 1. The van der Waals surface area contributed by atoms with Crippen LogP contribution in [0.4, 0.5) is 14.7 Å². The van der Waals surface area contributed by atoms with E-state index in [9.17, 15) is 28.5 Å². The Balaban J connectivity index is 1.84. The molecule has 3 rings (SSSR count). The van der Waals surface area contributed by atoms with Crippen LogP contribution in [0.25, 0.3) is 11.2 Å². The first-order valence-electron chi connectivity index (χ1n) is 8.51. The summed E-state index contributed by atoms with van der Waals surface area (Å²) in [6.45, 7) is -1.15. The van der Waals surface area contributed by atoms with Crippen molar-refractivity contribution in [2.45, 2.75) is 30.8 Å². The second kappa shape index (κ2) is 8.48. The lowest BCUT2D eigenvalue weighted by Gasteiger charge is -2.25. The molecular formula is C11H16F2N5O13P3. The zero-order chi connectivity index (χ0) is 25.9. The molecule has 3 heterocycles. The number of aliphatic hydroxyl groups is 1. The normalized spacial score (nSPS) is 31.4. The molecule has 0 radical (unpaired) electrons. The summed E-state index contributed by atoms with van der Waals surface area (Å²) in [5, 5.41) is 10.2. The Labute approximate surface area is 185 Å². The molecule has 192 valence electrons. The first-order chi connectivity index (χ1) is 15.3. The smallest absolute Gasteiger partial charge is 0.384 e. The second-order valence-electron chi connectivity index (χ2n) is 6.95. The molecule has 2 aromatic rings. The largest absolute Gasteiger partial charge is 0.490 e. The molecule has 34 heavy (non-hydrogen) atoms. The molecule has 1 aliphatic rings. The molecule has 1 saturated heterocycles. The first-order valence-corrected chi connectivity index (χ1v) is 13.0. The number of anilines is 1. The van der Waals surface area contributed by atoms with Crippen LogP contribution in [0, 0.1) is 0 Å². The standard InChI is InChI=1S/C11H16F2N5O13P3/c1-10(12)7(20)11(13,2-28-33(24,25)31-34(26,27)30-32(21,22)23)29-8(10)18-3-15-4-5(18)16-9(14)17-6(4)19/h3,7-8,20H,2H2,1H3,(H,24,25)(H,26,27)(H2,21,22,23)(H3,14,16,17,19)/t7?,8-,10-,11-/m1/s1. The van der Waals surface area contributed by atoms with E-state index in [1.807, 2.05) is 0 Å². The minimum atomic E-state index is -5.91. The van der Waals surface area contributed by atoms with Crippen molar-refractivity contribution in [2.75, 3.05) is 12.3 Å². The number of rotatable bonds is 8. The number of hydrogen-bond acceptors (Lipinski definition) is 12. The Morgan fingerprint density at radius 3 is 2.44 bits per heavy atom. The monoisotopic (exact) mass is 557 g/mol. The van der Waals surface area contributed by atoms with Crippen molar-refractivity contribution in [1.29, 1.82) is 0 Å². The number of aromatic amines is 1. The molecule has 23 heteroatoms. The highest BCUT2D eigenvalue weighted by Crippen LogP contribution is 2.66. The zero-order valence-electron chi connectivity index (χ0n) is 16.5. The van der Waals surface area contributed by atoms with Gasteiger partial charge in [-0.1, -0.05) is 0 Å². The van der Waals surface area contributed by atoms with Gasteiger partial charge in [-0.15, -0.1) is 0 Å². The first kappa shape index (κ1) is 26.9. The van der Waals surface area contributed by atoms with Crippen LogP contribution in [0.2, 0.25) is 0 Å². The fourth-order valence-corrected chi connectivity index (χ4v) is 5.98. The summed E-state index contributed by atoms with van der Waals surface area (Å²) in [6.07, 6.45) is -4.03. The van der Waals surface area contributed by atoms with Crippen LogP contribution in [0.5, 0.6) is 0 Å². The third-order valence-electron chi connectivity index (χ3n) is 4.28. The number of phosphoric acid groups is 3. The lowest BCUT2D eigenvalue weighted by molar-refractivity contribution is -0.203. The van der Waals surface area contributed by atoms with Gasteiger partial charge >= 0.3 is 23.5 Å². The van der Waals surface area contributed by atoms with Gasteiger partial charge in [-0.05, 0) is 6.92 Å². The van der Waals surface area contributed by atoms with Crippen LogP contribution in [0.15, 0.2) is 11.1 Å². The average molecular weight is 557 g/mol. The van der Waals surface area contributed by atoms with Crippen molar-refractivity contribution in [1.82, 2.24) is 19.5 Å². The molecule has 0 amide bonds. The lowest BCUT2D eigenvalue weighted by Crippen LogP contribution is -2.46. The number of H-pyrrole nitrogens is 1. The van der Waals surface area contributed by atoms with Gasteiger partial charge in [0, 0.05) is 0 Å². The maximum Gasteiger partial charge on any atom is 0.490 e. The number of aliphatic hydroxyl groups excluding tert-OH is 1. The van der Waals surface area contributed by atoms with Crippen molar-refractivity contribution in [2.24, 2.45) is 0 Å². The van der Waals surface area contributed by atoms with Crippen molar-refractivity contribution in [3.8, 4) is 0 Å². The van der Waals surface area contributed by atoms with Gasteiger partial charge in [0.15, 0.2) is 29.2 Å². The van der Waals surface area contributed by atoms with Gasteiger partial charge in [0.05, 0.1) is 6.33 Å². The molecule has 2 aromatic heterocycles. The number of nitrogens with two attached hydrogens (primary N) is 1. The summed E-state index contributed by atoms with van der Waals surface area (Å²) in [5.74, 6) is -4.04. The molecule has 18 nitrogen and oxygen atoms in total. The van der Waals surface area contributed by atoms with Gasteiger partial charge < -0.3 is 35.2 Å². The summed E-state index contributed by atoms with van der Waals surface area (Å²) in [5.41, 5.74) is 0.833. The Hall–Kier alpha value is -1.66. The summed E-state index contributed by atoms with van der Waals surface area (Å²) >= 11 is 0. The van der Waals surface area contributed by atoms with Gasteiger partial charge in [-0.2, -0.15) is 13.6 Å². The molecule has 8 N–H and O–H groups in total. The van der Waals surface area contributed by atoms with E-state index in [1.54, 1.807) is 0 Å². The average Bonchev–Trinajstić information content (AvgIpc) is 3.11. The molecule has 0 spiro atoms. The van der Waals surface area contributed by atoms with E-state index in [1.165, 1.54) is 0 Å². The minimum absolute atomic E-state index is 0.354. The number of hydrogen-bond donors (Lipinski definition) is 7. The number of halogens is 2. The van der Waals surface area contributed by atoms with Crippen LogP contribution in [-0.2, 0) is 31.6 Å². The molecule has 0 saturated carbocycles. The van der Waals surface area contributed by atoms with Crippen LogP contribution in [0.1, 0.15) is 13.2 Å². The Morgan fingerprint density at radius 1 is 1.24 bits per heavy atom. The van der Waals surface area contributed by atoms with Crippen molar-refractivity contribution in [3.63, 3.8) is 0 Å². The van der Waals surface area contributed by atoms with Gasteiger partial charge in [0.1, 0.15) is 6.61 Å². The summed E-state index contributed by atoms with van der Waals surface area (Å²) < 4.78 is 80.9. The number of nitrogens with zero attached hydrogens (tertiary/aromatic N) is 3. The van der Waals surface area contributed by atoms with Crippen LogP contribution in [0.3, 0.4) is 0 Å². The maximum atomic E-state index is 15.3. The Morgan fingerprint density at radius 2 is 1.85 bits per heavy atom. The van der Waals surface area contributed by atoms with E-state index in [2.05, 4.69) is 28.1 Å². The lowest BCUT2D eigenvalue weighted by atomic mass is 9.97. The van der Waals surface area contributed by atoms with Gasteiger partial charge in [-0.25, -0.2) is 27.5 Å². The van der Waals surface area contributed by atoms with Gasteiger partial charge in [0.25, 0.3) is 11.4 Å². The van der Waals surface area contributed by atoms with Crippen molar-refractivity contribution in [3.05, 3.63) is 16.7 Å². The van der Waals surface area contributed by atoms with Crippen LogP contribution >= 0.6 is 23.5 Å². The molecular weight excluding hydrogens is 541 g/mol. The van der Waals surface area contributed by atoms with E-state index in [0.717, 1.165) is 6.33 Å². The fraction of sp³-hybridized carbons (Fsp3) is 0.545. The van der Waals surface area contributed by atoms with Gasteiger partial charge in [-0.3, -0.25) is 18.9 Å². The molecule has 3 unspecified atom stereocenters. The quantitative estimate of drug-likeness (QED) is 0.198. The Bertz CT molecular complexity index is 1310. The molecule has 1 fully saturated rings. The molecule has 0 bridgehead atoms. The molecule has 0 aromatic carbocycles. The molecule has 6 atom stereocenters. The second-order valence-corrected chi connectivity index (χ2v) is 11.4. The number of nitrogens with one attached hydrogen (secondary N) is 1. The van der Waals surface area contributed by atoms with E-state index < -0.39 is 65.4 Å². The van der Waals surface area contributed by atoms with Crippen molar-refractivity contribution >= 4 is 40.6 Å². The minimum Gasteiger partial charge on any atom is -0.384 e. The van der Waals surface area contributed by atoms with Crippen LogP contribution in [-0.4, -0.2) is 68.4 Å². The summed E-state index contributed by atoms with van der Waals surface area (Å²) in [4.78, 5) is 56.9. The predicted molar refractivity (Wildman–Crippen MR) is 102 cm³/mol. The van der Waals surface area contributed by atoms with E-state index in [4.69, 9.17) is 25.2 Å². The zero-order valence-corrected chi connectivity index (χ0v) is 19.1. The topological polar surface area (TPSA) is 279 Å². The number of phosphoric ester groups is 1. The SMILES string of the molecule is C[C@@]1(F)C(O)[C@@](F)(COP(=O)(O)OP(=O)(O)OP(=O)(O)O)O[C@H]1n1cnc2c(=O)[nH]c(N)nc21. The highest BCUT2D eigenvalue weighted by atomic mass is 31.3. The number of alkyl halides is 2. The number of fused-ring (bicyclic) bond motifs is 1. The highest BCUT2D eigenvalue weighted by molar-refractivity contribution is 7.66. The molecule has 0 aliphatic carbocycles. The summed E-state index contributed by atoms with van der Waals surface area (Å²) in [6, 6.07) is 0. The fourth-order valence-electron chi connectivity index (χ4n) is 2.95. The van der Waals surface area contributed by atoms with E-state index in [-0.39, 0.29) is 11.2 Å². The van der Waals surface area contributed by atoms with Gasteiger partial charge in [0.2, 0.25) is 5.95 Å². The summed E-state index contributed by atoms with van der Waals surface area (Å²) in [7, 11) is -17.4.